The maximum Gasteiger partial charge on any atom is 0.115 e. The summed E-state index contributed by atoms with van der Waals surface area (Å²) < 4.78 is 0. The lowest BCUT2D eigenvalue weighted by atomic mass is 9.84. The third-order valence-electron chi connectivity index (χ3n) is 5.14. The molecule has 2 atom stereocenters. The Morgan fingerprint density at radius 2 is 1.05 bits per heavy atom. The molecule has 0 aliphatic heterocycles. The molecular weight excluding hydrogens is 272 g/mol. The van der Waals surface area contributed by atoms with Crippen LogP contribution in [0.5, 0.6) is 11.5 Å². The van der Waals surface area contributed by atoms with Crippen LogP contribution < -0.4 is 0 Å². The molecule has 2 aliphatic carbocycles. The minimum Gasteiger partial charge on any atom is -0.508 e. The Balaban J connectivity index is 1.87. The first-order chi connectivity index (χ1) is 10.7. The van der Waals surface area contributed by atoms with Crippen molar-refractivity contribution in [1.29, 1.82) is 0 Å². The first-order valence-corrected chi connectivity index (χ1v) is 8.05. The fourth-order valence-electron chi connectivity index (χ4n) is 4.22. The van der Waals surface area contributed by atoms with E-state index >= 15 is 0 Å². The normalized spacial score (nSPS) is 23.8. The smallest absolute Gasteiger partial charge is 0.115 e. The molecule has 0 heterocycles. The van der Waals surface area contributed by atoms with Gasteiger partial charge in [-0.15, -0.1) is 0 Å². The number of rotatable bonds is 2. The molecule has 0 spiro atoms. The third-order valence-corrected chi connectivity index (χ3v) is 5.14. The van der Waals surface area contributed by atoms with Gasteiger partial charge in [0, 0.05) is 0 Å². The standard InChI is InChI=1S/C20H20O2/c21-17-8-4-13(5-9-17)19-15-2-1-3-16(12-15)20(19)14-6-10-18(22)11-7-14/h4-11,15-16,21-22H,1-3,12H2/t15-,16-/m0/s1. The van der Waals surface area contributed by atoms with Crippen LogP contribution in [0.4, 0.5) is 0 Å². The number of hydrogen-bond donors (Lipinski definition) is 2. The van der Waals surface area contributed by atoms with E-state index in [2.05, 4.69) is 0 Å². The zero-order valence-electron chi connectivity index (χ0n) is 12.5. The van der Waals surface area contributed by atoms with Crippen molar-refractivity contribution in [3.05, 3.63) is 59.7 Å². The highest BCUT2D eigenvalue weighted by Gasteiger charge is 2.37. The summed E-state index contributed by atoms with van der Waals surface area (Å²) in [5, 5.41) is 19.1. The van der Waals surface area contributed by atoms with Gasteiger partial charge in [-0.05, 0) is 77.6 Å². The van der Waals surface area contributed by atoms with E-state index in [-0.39, 0.29) is 0 Å². The Bertz CT molecular complexity index is 649. The highest BCUT2D eigenvalue weighted by atomic mass is 16.3. The quantitative estimate of drug-likeness (QED) is 0.832. The highest BCUT2D eigenvalue weighted by Crippen LogP contribution is 2.54. The van der Waals surface area contributed by atoms with Gasteiger partial charge in [-0.3, -0.25) is 0 Å². The molecule has 2 N–H and O–H groups in total. The fourth-order valence-corrected chi connectivity index (χ4v) is 4.22. The van der Waals surface area contributed by atoms with Crippen LogP contribution in [-0.4, -0.2) is 10.2 Å². The van der Waals surface area contributed by atoms with Crippen LogP contribution >= 0.6 is 0 Å². The maximum absolute atomic E-state index is 9.56. The average molecular weight is 292 g/mol. The first-order valence-electron chi connectivity index (χ1n) is 8.05. The van der Waals surface area contributed by atoms with E-state index in [1.807, 2.05) is 24.3 Å². The largest absolute Gasteiger partial charge is 0.508 e. The number of phenols is 2. The van der Waals surface area contributed by atoms with Gasteiger partial charge in [0.15, 0.2) is 0 Å². The van der Waals surface area contributed by atoms with E-state index in [1.54, 1.807) is 24.3 Å². The molecule has 0 radical (unpaired) electrons. The van der Waals surface area contributed by atoms with Crippen LogP contribution in [0.15, 0.2) is 48.5 Å². The van der Waals surface area contributed by atoms with Gasteiger partial charge < -0.3 is 10.2 Å². The molecule has 2 bridgehead atoms. The predicted molar refractivity (Wildman–Crippen MR) is 88.5 cm³/mol. The van der Waals surface area contributed by atoms with Crippen molar-refractivity contribution in [1.82, 2.24) is 0 Å². The Morgan fingerprint density at radius 1 is 0.636 bits per heavy atom. The highest BCUT2D eigenvalue weighted by molar-refractivity contribution is 5.95. The van der Waals surface area contributed by atoms with Crippen LogP contribution in [0.1, 0.15) is 36.8 Å². The average Bonchev–Trinajstić information content (AvgIpc) is 2.79. The molecule has 4 rings (SSSR count). The summed E-state index contributed by atoms with van der Waals surface area (Å²) in [6.07, 6.45) is 5.05. The minimum atomic E-state index is 0.316. The summed E-state index contributed by atoms with van der Waals surface area (Å²) in [6.45, 7) is 0. The van der Waals surface area contributed by atoms with Crippen molar-refractivity contribution >= 4 is 11.1 Å². The van der Waals surface area contributed by atoms with Gasteiger partial charge in [-0.25, -0.2) is 0 Å². The molecule has 2 aliphatic rings. The molecule has 0 amide bonds. The predicted octanol–water partition coefficient (Wildman–Crippen LogP) is 4.83. The van der Waals surface area contributed by atoms with Crippen LogP contribution in [0.25, 0.3) is 11.1 Å². The SMILES string of the molecule is Oc1ccc(C2=C(c3ccc(O)cc3)[C@H]3CCC[C@H]2C3)cc1. The summed E-state index contributed by atoms with van der Waals surface area (Å²) in [4.78, 5) is 0. The second-order valence-electron chi connectivity index (χ2n) is 6.48. The van der Waals surface area contributed by atoms with Gasteiger partial charge in [0.05, 0.1) is 0 Å². The molecular formula is C20H20O2. The van der Waals surface area contributed by atoms with Crippen molar-refractivity contribution in [3.8, 4) is 11.5 Å². The summed E-state index contributed by atoms with van der Waals surface area (Å²) >= 11 is 0. The Kier molecular flexibility index (Phi) is 3.18. The molecule has 2 aromatic carbocycles. The molecule has 1 saturated carbocycles. The van der Waals surface area contributed by atoms with Crippen LogP contribution in [0, 0.1) is 11.8 Å². The number of allylic oxidation sites excluding steroid dienone is 2. The molecule has 2 heteroatoms. The van der Waals surface area contributed by atoms with Gasteiger partial charge in [0.2, 0.25) is 0 Å². The van der Waals surface area contributed by atoms with Crippen molar-refractivity contribution in [2.45, 2.75) is 25.7 Å². The number of fused-ring (bicyclic) bond motifs is 2. The van der Waals surface area contributed by atoms with E-state index in [1.165, 1.54) is 48.0 Å². The Morgan fingerprint density at radius 3 is 1.45 bits per heavy atom. The van der Waals surface area contributed by atoms with Crippen LogP contribution in [0.3, 0.4) is 0 Å². The molecule has 2 aromatic rings. The first kappa shape index (κ1) is 13.4. The third kappa shape index (κ3) is 2.19. The van der Waals surface area contributed by atoms with Gasteiger partial charge in [-0.2, -0.15) is 0 Å². The number of benzene rings is 2. The lowest BCUT2D eigenvalue weighted by molar-refractivity contribution is 0.392. The van der Waals surface area contributed by atoms with Crippen molar-refractivity contribution in [2.24, 2.45) is 11.8 Å². The summed E-state index contributed by atoms with van der Waals surface area (Å²) in [7, 11) is 0. The van der Waals surface area contributed by atoms with Crippen molar-refractivity contribution in [3.63, 3.8) is 0 Å². The van der Waals surface area contributed by atoms with Crippen molar-refractivity contribution < 1.29 is 10.2 Å². The Labute approximate surface area is 130 Å². The zero-order valence-corrected chi connectivity index (χ0v) is 12.5. The summed E-state index contributed by atoms with van der Waals surface area (Å²) in [5.74, 6) is 1.90. The van der Waals surface area contributed by atoms with Crippen molar-refractivity contribution in [2.75, 3.05) is 0 Å². The monoisotopic (exact) mass is 292 g/mol. The molecule has 0 aromatic heterocycles. The molecule has 112 valence electrons. The second kappa shape index (κ2) is 5.20. The van der Waals surface area contributed by atoms with Crippen LogP contribution in [-0.2, 0) is 0 Å². The lowest BCUT2D eigenvalue weighted by Gasteiger charge is -2.21. The van der Waals surface area contributed by atoms with Gasteiger partial charge in [0.1, 0.15) is 11.5 Å². The lowest BCUT2D eigenvalue weighted by Crippen LogP contribution is -2.08. The Hall–Kier alpha value is -2.22. The van der Waals surface area contributed by atoms with Gasteiger partial charge >= 0.3 is 0 Å². The fraction of sp³-hybridized carbons (Fsp3) is 0.300. The summed E-state index contributed by atoms with van der Waals surface area (Å²) in [6, 6.07) is 15.2. The number of hydrogen-bond acceptors (Lipinski definition) is 2. The zero-order chi connectivity index (χ0) is 15.1. The molecule has 22 heavy (non-hydrogen) atoms. The molecule has 1 fully saturated rings. The minimum absolute atomic E-state index is 0.316. The van der Waals surface area contributed by atoms with E-state index in [9.17, 15) is 10.2 Å². The molecule has 0 saturated heterocycles. The van der Waals surface area contributed by atoms with E-state index in [0.717, 1.165) is 0 Å². The topological polar surface area (TPSA) is 40.5 Å². The summed E-state index contributed by atoms with van der Waals surface area (Å²) in [5.41, 5.74) is 5.37. The number of phenolic OH excluding ortho intramolecular Hbond substituents is 2. The number of aromatic hydroxyl groups is 2. The van der Waals surface area contributed by atoms with E-state index in [4.69, 9.17) is 0 Å². The van der Waals surface area contributed by atoms with Gasteiger partial charge in [-0.1, -0.05) is 30.7 Å². The van der Waals surface area contributed by atoms with Gasteiger partial charge in [0.25, 0.3) is 0 Å². The second-order valence-corrected chi connectivity index (χ2v) is 6.48. The maximum atomic E-state index is 9.56. The molecule has 2 nitrogen and oxygen atoms in total. The van der Waals surface area contributed by atoms with Crippen LogP contribution in [0.2, 0.25) is 0 Å². The van der Waals surface area contributed by atoms with E-state index < -0.39 is 0 Å². The molecule has 0 unspecified atom stereocenters. The van der Waals surface area contributed by atoms with E-state index in [0.29, 0.717) is 23.3 Å².